The van der Waals surface area contributed by atoms with Crippen LogP contribution in [0.15, 0.2) is 75.9 Å². The number of hydrogen-bond acceptors (Lipinski definition) is 3. The molecule has 0 aliphatic heterocycles. The standard InChI is InChI=1S/C18H28N2O/c1-7-13-19(14-8-2)18(12-6,21-17-11-5)20(15-9-3)16-10-4/h7-12H,1-6,13-17H2. The van der Waals surface area contributed by atoms with E-state index in [0.29, 0.717) is 32.8 Å². The first-order chi connectivity index (χ1) is 10.2. The normalized spacial score (nSPS) is 11.1. The van der Waals surface area contributed by atoms with Gasteiger partial charge >= 0.3 is 0 Å². The van der Waals surface area contributed by atoms with Crippen molar-refractivity contribution in [3.8, 4) is 0 Å². The Kier molecular flexibility index (Phi) is 10.1. The lowest BCUT2D eigenvalue weighted by Gasteiger charge is -2.47. The lowest BCUT2D eigenvalue weighted by atomic mass is 10.2. The Morgan fingerprint density at radius 3 is 1.29 bits per heavy atom. The fourth-order valence-corrected chi connectivity index (χ4v) is 2.18. The van der Waals surface area contributed by atoms with Crippen molar-refractivity contribution < 1.29 is 4.74 Å². The molecule has 0 saturated carbocycles. The molecule has 0 aromatic rings. The quantitative estimate of drug-likeness (QED) is 0.360. The molecule has 3 nitrogen and oxygen atoms in total. The number of rotatable bonds is 14. The van der Waals surface area contributed by atoms with Crippen LogP contribution in [-0.2, 0) is 4.74 Å². The average molecular weight is 288 g/mol. The van der Waals surface area contributed by atoms with Crippen molar-refractivity contribution in [3.63, 3.8) is 0 Å². The molecule has 0 radical (unpaired) electrons. The summed E-state index contributed by atoms with van der Waals surface area (Å²) in [6, 6.07) is 0. The van der Waals surface area contributed by atoms with Gasteiger partial charge in [0.15, 0.2) is 0 Å². The Morgan fingerprint density at radius 2 is 1.05 bits per heavy atom. The summed E-state index contributed by atoms with van der Waals surface area (Å²) >= 11 is 0. The zero-order chi connectivity index (χ0) is 16.1. The molecule has 0 saturated heterocycles. The van der Waals surface area contributed by atoms with E-state index in [1.807, 2.05) is 24.3 Å². The van der Waals surface area contributed by atoms with Gasteiger partial charge in [0, 0.05) is 26.2 Å². The van der Waals surface area contributed by atoms with Crippen molar-refractivity contribution in [3.05, 3.63) is 75.9 Å². The fraction of sp³-hybridized carbons (Fsp3) is 0.333. The van der Waals surface area contributed by atoms with Crippen LogP contribution in [-0.4, -0.2) is 48.4 Å². The molecular formula is C18H28N2O. The van der Waals surface area contributed by atoms with Gasteiger partial charge in [-0.1, -0.05) is 37.0 Å². The highest BCUT2D eigenvalue weighted by atomic mass is 16.5. The van der Waals surface area contributed by atoms with Gasteiger partial charge in [0.1, 0.15) is 0 Å². The summed E-state index contributed by atoms with van der Waals surface area (Å²) in [5.74, 6) is -0.793. The molecule has 3 heteroatoms. The SMILES string of the molecule is C=CCOC(C=C)(N(CC=C)CC=C)N(CC=C)CC=C. The van der Waals surface area contributed by atoms with E-state index in [9.17, 15) is 0 Å². The molecule has 0 heterocycles. The second kappa shape index (κ2) is 11.0. The van der Waals surface area contributed by atoms with E-state index in [4.69, 9.17) is 4.74 Å². The Bertz CT molecular complexity index is 329. The van der Waals surface area contributed by atoms with E-state index >= 15 is 0 Å². The summed E-state index contributed by atoms with van der Waals surface area (Å²) in [5.41, 5.74) is 0. The molecule has 0 atom stereocenters. The summed E-state index contributed by atoms with van der Waals surface area (Å²) in [4.78, 5) is 4.19. The summed E-state index contributed by atoms with van der Waals surface area (Å²) in [6.07, 6.45) is 10.8. The van der Waals surface area contributed by atoms with Gasteiger partial charge in [0.2, 0.25) is 5.85 Å². The van der Waals surface area contributed by atoms with Gasteiger partial charge in [0.25, 0.3) is 0 Å². The van der Waals surface area contributed by atoms with Gasteiger partial charge in [-0.2, -0.15) is 0 Å². The minimum Gasteiger partial charge on any atom is -0.339 e. The summed E-state index contributed by atoms with van der Waals surface area (Å²) < 4.78 is 6.09. The first-order valence-electron chi connectivity index (χ1n) is 6.98. The fourth-order valence-electron chi connectivity index (χ4n) is 2.18. The van der Waals surface area contributed by atoms with Crippen LogP contribution in [0.2, 0.25) is 0 Å². The van der Waals surface area contributed by atoms with Crippen LogP contribution in [0.25, 0.3) is 0 Å². The molecule has 0 bridgehead atoms. The first-order valence-corrected chi connectivity index (χ1v) is 6.98. The monoisotopic (exact) mass is 288 g/mol. The van der Waals surface area contributed by atoms with Crippen LogP contribution in [0, 0.1) is 0 Å². The maximum atomic E-state index is 6.09. The van der Waals surface area contributed by atoms with Crippen LogP contribution < -0.4 is 0 Å². The molecule has 0 rings (SSSR count). The summed E-state index contributed by atoms with van der Waals surface area (Å²) in [7, 11) is 0. The second-order valence-electron chi connectivity index (χ2n) is 4.43. The van der Waals surface area contributed by atoms with Crippen molar-refractivity contribution in [1.82, 2.24) is 9.80 Å². The summed E-state index contributed by atoms with van der Waals surface area (Å²) in [6.45, 7) is 25.9. The highest BCUT2D eigenvalue weighted by Crippen LogP contribution is 2.25. The zero-order valence-electron chi connectivity index (χ0n) is 13.0. The largest absolute Gasteiger partial charge is 0.339 e. The van der Waals surface area contributed by atoms with Crippen molar-refractivity contribution in [1.29, 1.82) is 0 Å². The molecule has 0 spiro atoms. The van der Waals surface area contributed by atoms with E-state index in [1.165, 1.54) is 0 Å². The maximum absolute atomic E-state index is 6.09. The predicted molar refractivity (Wildman–Crippen MR) is 93.0 cm³/mol. The Morgan fingerprint density at radius 1 is 0.667 bits per heavy atom. The topological polar surface area (TPSA) is 15.7 Å². The third-order valence-corrected chi connectivity index (χ3v) is 2.98. The van der Waals surface area contributed by atoms with Gasteiger partial charge in [-0.05, 0) is 6.08 Å². The minimum atomic E-state index is -0.793. The van der Waals surface area contributed by atoms with Gasteiger partial charge in [-0.25, -0.2) is 0 Å². The summed E-state index contributed by atoms with van der Waals surface area (Å²) in [5, 5.41) is 0. The van der Waals surface area contributed by atoms with Crippen molar-refractivity contribution in [2.75, 3.05) is 32.8 Å². The van der Waals surface area contributed by atoms with Gasteiger partial charge in [-0.3, -0.25) is 9.80 Å². The Hall–Kier alpha value is -1.68. The number of nitrogens with zero attached hydrogens (tertiary/aromatic N) is 2. The molecule has 0 aromatic carbocycles. The molecule has 0 aliphatic carbocycles. The molecule has 116 valence electrons. The molecule has 0 N–H and O–H groups in total. The Labute approximate surface area is 129 Å². The first kappa shape index (κ1) is 19.3. The van der Waals surface area contributed by atoms with Gasteiger partial charge in [-0.15, -0.1) is 32.9 Å². The van der Waals surface area contributed by atoms with E-state index in [2.05, 4.69) is 49.3 Å². The van der Waals surface area contributed by atoms with Crippen LogP contribution in [0.4, 0.5) is 0 Å². The minimum absolute atomic E-state index is 0.404. The third kappa shape index (κ3) is 5.31. The smallest absolute Gasteiger partial charge is 0.201 e. The predicted octanol–water partition coefficient (Wildman–Crippen LogP) is 3.38. The van der Waals surface area contributed by atoms with E-state index in [1.54, 1.807) is 12.2 Å². The number of ether oxygens (including phenoxy) is 1. The molecule has 21 heavy (non-hydrogen) atoms. The van der Waals surface area contributed by atoms with E-state index < -0.39 is 5.85 Å². The van der Waals surface area contributed by atoms with E-state index in [0.717, 1.165) is 0 Å². The molecule has 0 unspecified atom stereocenters. The highest BCUT2D eigenvalue weighted by molar-refractivity contribution is 5.03. The maximum Gasteiger partial charge on any atom is 0.201 e. The van der Waals surface area contributed by atoms with Crippen LogP contribution >= 0.6 is 0 Å². The lowest BCUT2D eigenvalue weighted by Crippen LogP contribution is -2.61. The van der Waals surface area contributed by atoms with Gasteiger partial charge in [0.05, 0.1) is 6.61 Å². The highest BCUT2D eigenvalue weighted by Gasteiger charge is 2.39. The second-order valence-corrected chi connectivity index (χ2v) is 4.43. The Balaban J connectivity index is 5.72. The van der Waals surface area contributed by atoms with Crippen molar-refractivity contribution in [2.24, 2.45) is 0 Å². The van der Waals surface area contributed by atoms with Gasteiger partial charge < -0.3 is 4.74 Å². The van der Waals surface area contributed by atoms with Crippen molar-refractivity contribution in [2.45, 2.75) is 5.85 Å². The number of hydrogen-bond donors (Lipinski definition) is 0. The van der Waals surface area contributed by atoms with Crippen LogP contribution in [0.3, 0.4) is 0 Å². The molecule has 0 aromatic heterocycles. The van der Waals surface area contributed by atoms with E-state index in [-0.39, 0.29) is 0 Å². The third-order valence-electron chi connectivity index (χ3n) is 2.98. The zero-order valence-corrected chi connectivity index (χ0v) is 13.0. The van der Waals surface area contributed by atoms with Crippen LogP contribution in [0.5, 0.6) is 0 Å². The molecule has 0 aliphatic rings. The molecule has 0 fully saturated rings. The molecular weight excluding hydrogens is 260 g/mol. The van der Waals surface area contributed by atoms with Crippen molar-refractivity contribution >= 4 is 0 Å². The molecule has 0 amide bonds. The lowest BCUT2D eigenvalue weighted by molar-refractivity contribution is -0.198. The average Bonchev–Trinajstić information content (AvgIpc) is 2.49. The van der Waals surface area contributed by atoms with Crippen LogP contribution in [0.1, 0.15) is 0 Å².